The molecule has 0 atom stereocenters. The minimum absolute atomic E-state index is 0.274. The Kier molecular flexibility index (Phi) is 4.43. The summed E-state index contributed by atoms with van der Waals surface area (Å²) in [4.78, 5) is 16.6. The molecule has 27 heavy (non-hydrogen) atoms. The maximum atomic E-state index is 12.2. The fraction of sp³-hybridized carbons (Fsp3) is 0.118. The van der Waals surface area contributed by atoms with E-state index >= 15 is 0 Å². The van der Waals surface area contributed by atoms with Crippen LogP contribution in [0.4, 0.5) is 0 Å². The number of H-pyrrole nitrogens is 1. The normalized spacial score (nSPS) is 11.0. The summed E-state index contributed by atoms with van der Waals surface area (Å²) in [5, 5.41) is 21.2. The molecule has 0 saturated carbocycles. The standard InChI is InChI=1S/C17H12ClN7OS/c1-10-2-3-13(5-14(10)18)24-9-20-23-17(24)27-8-12-4-15(26)25-16(22-12)11(6-19)7-21-25/h2-5,7,9,21H,8H2,1H3. The van der Waals surface area contributed by atoms with Gasteiger partial charge < -0.3 is 0 Å². The molecule has 0 saturated heterocycles. The van der Waals surface area contributed by atoms with E-state index in [9.17, 15) is 4.79 Å². The van der Waals surface area contributed by atoms with E-state index in [1.807, 2.05) is 35.8 Å². The maximum Gasteiger partial charge on any atom is 0.272 e. The SMILES string of the molecule is Cc1ccc(-n2cnnc2SCc2cc(=O)n3[nH]cc(C#N)c3n2)cc1Cl. The second-order valence-corrected chi connectivity index (χ2v) is 7.10. The minimum atomic E-state index is -0.274. The molecule has 0 aliphatic heterocycles. The van der Waals surface area contributed by atoms with Crippen LogP contribution >= 0.6 is 23.4 Å². The molecule has 1 N–H and O–H groups in total. The lowest BCUT2D eigenvalue weighted by molar-refractivity contribution is 0.876. The molecule has 3 aromatic heterocycles. The van der Waals surface area contributed by atoms with Crippen molar-refractivity contribution in [3.63, 3.8) is 0 Å². The van der Waals surface area contributed by atoms with Crippen molar-refractivity contribution in [3.05, 3.63) is 69.0 Å². The number of nitrogens with one attached hydrogen (secondary N) is 1. The third kappa shape index (κ3) is 3.20. The number of hydrogen-bond donors (Lipinski definition) is 1. The van der Waals surface area contributed by atoms with Crippen LogP contribution in [0.3, 0.4) is 0 Å². The Morgan fingerprint density at radius 3 is 3.00 bits per heavy atom. The van der Waals surface area contributed by atoms with Gasteiger partial charge in [-0.15, -0.1) is 10.2 Å². The Hall–Kier alpha value is -3.09. The summed E-state index contributed by atoms with van der Waals surface area (Å²) in [6, 6.07) is 9.16. The molecule has 0 radical (unpaired) electrons. The Balaban J connectivity index is 1.63. The second-order valence-electron chi connectivity index (χ2n) is 5.75. The van der Waals surface area contributed by atoms with Gasteiger partial charge in [-0.25, -0.2) is 9.50 Å². The van der Waals surface area contributed by atoms with Gasteiger partial charge in [0.25, 0.3) is 5.56 Å². The van der Waals surface area contributed by atoms with Crippen LogP contribution < -0.4 is 5.56 Å². The first kappa shape index (κ1) is 17.3. The van der Waals surface area contributed by atoms with Gasteiger partial charge in [-0.05, 0) is 24.6 Å². The summed E-state index contributed by atoms with van der Waals surface area (Å²) < 4.78 is 3.06. The number of nitriles is 1. The average Bonchev–Trinajstić information content (AvgIpc) is 3.29. The zero-order chi connectivity index (χ0) is 19.0. The van der Waals surface area contributed by atoms with Crippen molar-refractivity contribution in [2.45, 2.75) is 17.8 Å². The van der Waals surface area contributed by atoms with E-state index < -0.39 is 0 Å². The lowest BCUT2D eigenvalue weighted by Crippen LogP contribution is -2.15. The molecule has 0 spiro atoms. The van der Waals surface area contributed by atoms with E-state index in [4.69, 9.17) is 16.9 Å². The van der Waals surface area contributed by atoms with E-state index in [0.717, 1.165) is 11.3 Å². The number of fused-ring (bicyclic) bond motifs is 1. The van der Waals surface area contributed by atoms with E-state index in [2.05, 4.69) is 20.3 Å². The van der Waals surface area contributed by atoms with Crippen LogP contribution in [0.25, 0.3) is 11.3 Å². The Morgan fingerprint density at radius 1 is 1.37 bits per heavy atom. The first-order valence-corrected chi connectivity index (χ1v) is 9.22. The molecule has 0 fully saturated rings. The molecule has 4 aromatic rings. The van der Waals surface area contributed by atoms with E-state index in [-0.39, 0.29) is 5.56 Å². The third-order valence-corrected chi connectivity index (χ3v) is 5.35. The molecule has 134 valence electrons. The number of nitrogens with zero attached hydrogens (tertiary/aromatic N) is 6. The highest BCUT2D eigenvalue weighted by Crippen LogP contribution is 2.25. The summed E-state index contributed by atoms with van der Waals surface area (Å²) in [5.41, 5.74) is 2.74. The van der Waals surface area contributed by atoms with Gasteiger partial charge in [0, 0.05) is 23.0 Å². The van der Waals surface area contributed by atoms with Crippen LogP contribution in [0.2, 0.25) is 5.02 Å². The lowest BCUT2D eigenvalue weighted by atomic mass is 10.2. The zero-order valence-corrected chi connectivity index (χ0v) is 15.6. The maximum absolute atomic E-state index is 12.2. The Bertz CT molecular complexity index is 1250. The summed E-state index contributed by atoms with van der Waals surface area (Å²) in [5.74, 6) is 0.403. The van der Waals surface area contributed by atoms with Gasteiger partial charge in [-0.3, -0.25) is 14.5 Å². The molecule has 0 amide bonds. The molecule has 4 rings (SSSR count). The van der Waals surface area contributed by atoms with Crippen molar-refractivity contribution in [2.24, 2.45) is 0 Å². The number of halogens is 1. The van der Waals surface area contributed by atoms with Gasteiger partial charge in [0.05, 0.1) is 11.4 Å². The Labute approximate surface area is 162 Å². The van der Waals surface area contributed by atoms with Crippen molar-refractivity contribution in [1.82, 2.24) is 29.4 Å². The van der Waals surface area contributed by atoms with Gasteiger partial charge in [-0.1, -0.05) is 29.4 Å². The first-order chi connectivity index (χ1) is 13.1. The summed E-state index contributed by atoms with van der Waals surface area (Å²) in [6.07, 6.45) is 3.06. The van der Waals surface area contributed by atoms with Crippen molar-refractivity contribution in [1.29, 1.82) is 5.26 Å². The molecular weight excluding hydrogens is 386 g/mol. The molecule has 10 heteroatoms. The van der Waals surface area contributed by atoms with E-state index in [0.29, 0.717) is 32.8 Å². The van der Waals surface area contributed by atoms with Crippen molar-refractivity contribution in [3.8, 4) is 11.8 Å². The topological polar surface area (TPSA) is 105 Å². The quantitative estimate of drug-likeness (QED) is 0.531. The molecule has 0 aliphatic carbocycles. The van der Waals surface area contributed by atoms with Gasteiger partial charge in [0.1, 0.15) is 18.0 Å². The average molecular weight is 398 g/mol. The molecule has 1 aromatic carbocycles. The van der Waals surface area contributed by atoms with Gasteiger partial charge in [0.2, 0.25) is 0 Å². The fourth-order valence-corrected chi connectivity index (χ4v) is 3.55. The second kappa shape index (κ2) is 6.90. The summed E-state index contributed by atoms with van der Waals surface area (Å²) in [6.45, 7) is 1.94. The van der Waals surface area contributed by atoms with Gasteiger partial charge >= 0.3 is 0 Å². The molecule has 0 bridgehead atoms. The summed E-state index contributed by atoms with van der Waals surface area (Å²) >= 11 is 7.60. The molecule has 0 aliphatic rings. The van der Waals surface area contributed by atoms with Gasteiger partial charge in [0.15, 0.2) is 10.8 Å². The highest BCUT2D eigenvalue weighted by Gasteiger charge is 2.12. The number of aromatic nitrogens is 6. The van der Waals surface area contributed by atoms with Crippen molar-refractivity contribution in [2.75, 3.05) is 0 Å². The van der Waals surface area contributed by atoms with Crippen LogP contribution in [0.15, 0.2) is 46.7 Å². The van der Waals surface area contributed by atoms with Gasteiger partial charge in [-0.2, -0.15) is 5.26 Å². The number of aromatic amines is 1. The molecule has 8 nitrogen and oxygen atoms in total. The predicted octanol–water partition coefficient (Wildman–Crippen LogP) is 2.73. The summed E-state index contributed by atoms with van der Waals surface area (Å²) in [7, 11) is 0. The number of benzene rings is 1. The molecular formula is C17H12ClN7OS. The fourth-order valence-electron chi connectivity index (χ4n) is 2.56. The zero-order valence-electron chi connectivity index (χ0n) is 14.0. The first-order valence-electron chi connectivity index (χ1n) is 7.86. The van der Waals surface area contributed by atoms with E-state index in [1.165, 1.54) is 28.5 Å². The predicted molar refractivity (Wildman–Crippen MR) is 101 cm³/mol. The van der Waals surface area contributed by atoms with E-state index in [1.54, 1.807) is 6.33 Å². The molecule has 0 unspecified atom stereocenters. The highest BCUT2D eigenvalue weighted by molar-refractivity contribution is 7.98. The number of thioether (sulfide) groups is 1. The van der Waals surface area contributed by atoms with Crippen LogP contribution in [0.1, 0.15) is 16.8 Å². The third-order valence-electron chi connectivity index (χ3n) is 3.97. The number of hydrogen-bond acceptors (Lipinski definition) is 6. The van der Waals surface area contributed by atoms with Crippen LogP contribution in [-0.4, -0.2) is 29.4 Å². The lowest BCUT2D eigenvalue weighted by Gasteiger charge is -2.08. The van der Waals surface area contributed by atoms with Crippen molar-refractivity contribution >= 4 is 29.0 Å². The molecule has 3 heterocycles. The largest absolute Gasteiger partial charge is 0.295 e. The highest BCUT2D eigenvalue weighted by atomic mass is 35.5. The van der Waals surface area contributed by atoms with Crippen LogP contribution in [0, 0.1) is 18.3 Å². The van der Waals surface area contributed by atoms with Crippen LogP contribution in [0.5, 0.6) is 0 Å². The smallest absolute Gasteiger partial charge is 0.272 e. The number of rotatable bonds is 4. The van der Waals surface area contributed by atoms with Crippen molar-refractivity contribution < 1.29 is 0 Å². The monoisotopic (exact) mass is 397 g/mol. The number of aryl methyl sites for hydroxylation is 1. The van der Waals surface area contributed by atoms with Crippen LogP contribution in [-0.2, 0) is 5.75 Å². The minimum Gasteiger partial charge on any atom is -0.295 e. The Morgan fingerprint density at radius 2 is 2.22 bits per heavy atom.